The third kappa shape index (κ3) is 3.40. The van der Waals surface area contributed by atoms with Crippen molar-refractivity contribution >= 4 is 21.6 Å². The van der Waals surface area contributed by atoms with Crippen molar-refractivity contribution in [2.24, 2.45) is 0 Å². The van der Waals surface area contributed by atoms with E-state index in [1.165, 1.54) is 0 Å². The lowest BCUT2D eigenvalue weighted by Gasteiger charge is -2.19. The van der Waals surface area contributed by atoms with Gasteiger partial charge in [0.15, 0.2) is 0 Å². The standard InChI is InChI=1S/C21H24N2O4S/c1-27-20-6-3-2-5-19(20)16-12-14-22(15-16)28(25,26)18-10-8-17(9-11-18)23-13-4-7-21(23)24/h2-3,5-6,8-11,16H,4,7,12-15H2,1H3. The maximum Gasteiger partial charge on any atom is 0.243 e. The van der Waals surface area contributed by atoms with Crippen LogP contribution in [0.1, 0.15) is 30.7 Å². The van der Waals surface area contributed by atoms with Gasteiger partial charge in [0.1, 0.15) is 5.75 Å². The summed E-state index contributed by atoms with van der Waals surface area (Å²) >= 11 is 0. The first kappa shape index (κ1) is 19.0. The molecule has 2 aromatic rings. The highest BCUT2D eigenvalue weighted by Gasteiger charge is 2.34. The van der Waals surface area contributed by atoms with E-state index >= 15 is 0 Å². The number of carbonyl (C=O) groups excluding carboxylic acids is 1. The molecule has 2 heterocycles. The van der Waals surface area contributed by atoms with E-state index in [4.69, 9.17) is 4.74 Å². The predicted molar refractivity (Wildman–Crippen MR) is 107 cm³/mol. The number of sulfonamides is 1. The second kappa shape index (κ2) is 7.56. The number of carbonyl (C=O) groups is 1. The van der Waals surface area contributed by atoms with Crippen LogP contribution < -0.4 is 9.64 Å². The summed E-state index contributed by atoms with van der Waals surface area (Å²) < 4.78 is 33.1. The Balaban J connectivity index is 1.52. The number of nitrogens with zero attached hydrogens (tertiary/aromatic N) is 2. The van der Waals surface area contributed by atoms with Crippen LogP contribution in [0.25, 0.3) is 0 Å². The molecule has 2 aromatic carbocycles. The van der Waals surface area contributed by atoms with Crippen molar-refractivity contribution in [1.82, 2.24) is 4.31 Å². The van der Waals surface area contributed by atoms with Gasteiger partial charge >= 0.3 is 0 Å². The van der Waals surface area contributed by atoms with Crippen LogP contribution in [0, 0.1) is 0 Å². The van der Waals surface area contributed by atoms with Gasteiger partial charge in [0.2, 0.25) is 15.9 Å². The molecule has 148 valence electrons. The Bertz CT molecular complexity index is 972. The Hall–Kier alpha value is -2.38. The highest BCUT2D eigenvalue weighted by atomic mass is 32.2. The molecule has 2 aliphatic rings. The summed E-state index contributed by atoms with van der Waals surface area (Å²) in [5.41, 5.74) is 1.81. The van der Waals surface area contributed by atoms with Gasteiger partial charge in [-0.25, -0.2) is 8.42 Å². The number of rotatable bonds is 5. The molecule has 0 aromatic heterocycles. The normalized spacial score (nSPS) is 20.7. The average Bonchev–Trinajstić information content (AvgIpc) is 3.37. The summed E-state index contributed by atoms with van der Waals surface area (Å²) in [6.45, 7) is 1.62. The molecule has 0 N–H and O–H groups in total. The van der Waals surface area contributed by atoms with E-state index in [0.717, 1.165) is 29.8 Å². The molecule has 1 amide bonds. The molecule has 2 aliphatic heterocycles. The van der Waals surface area contributed by atoms with Gasteiger partial charge in [-0.05, 0) is 48.7 Å². The van der Waals surface area contributed by atoms with Crippen LogP contribution in [-0.4, -0.2) is 45.4 Å². The second-order valence-electron chi connectivity index (χ2n) is 7.23. The minimum atomic E-state index is -3.56. The van der Waals surface area contributed by atoms with Crippen molar-refractivity contribution < 1.29 is 17.9 Å². The molecule has 2 saturated heterocycles. The van der Waals surface area contributed by atoms with Crippen LogP contribution >= 0.6 is 0 Å². The highest BCUT2D eigenvalue weighted by Crippen LogP contribution is 2.36. The first-order valence-corrected chi connectivity index (χ1v) is 11.0. The largest absolute Gasteiger partial charge is 0.496 e. The number of methoxy groups -OCH3 is 1. The minimum absolute atomic E-state index is 0.0924. The van der Waals surface area contributed by atoms with Gasteiger partial charge in [-0.3, -0.25) is 4.79 Å². The van der Waals surface area contributed by atoms with E-state index in [-0.39, 0.29) is 16.7 Å². The molecule has 6 nitrogen and oxygen atoms in total. The van der Waals surface area contributed by atoms with Crippen molar-refractivity contribution in [1.29, 1.82) is 0 Å². The number of hydrogen-bond acceptors (Lipinski definition) is 4. The molecule has 1 unspecified atom stereocenters. The first-order valence-electron chi connectivity index (χ1n) is 9.54. The van der Waals surface area contributed by atoms with E-state index in [2.05, 4.69) is 0 Å². The Labute approximate surface area is 165 Å². The van der Waals surface area contributed by atoms with E-state index < -0.39 is 10.0 Å². The topological polar surface area (TPSA) is 66.9 Å². The number of para-hydroxylation sites is 1. The lowest BCUT2D eigenvalue weighted by Crippen LogP contribution is -2.29. The Morgan fingerprint density at radius 2 is 1.79 bits per heavy atom. The molecule has 28 heavy (non-hydrogen) atoms. The van der Waals surface area contributed by atoms with E-state index in [0.29, 0.717) is 26.1 Å². The Morgan fingerprint density at radius 1 is 1.04 bits per heavy atom. The second-order valence-corrected chi connectivity index (χ2v) is 9.17. The fraction of sp³-hybridized carbons (Fsp3) is 0.381. The molecule has 0 saturated carbocycles. The van der Waals surface area contributed by atoms with Gasteiger partial charge in [0.05, 0.1) is 12.0 Å². The zero-order valence-electron chi connectivity index (χ0n) is 15.9. The van der Waals surface area contributed by atoms with E-state index in [9.17, 15) is 13.2 Å². The van der Waals surface area contributed by atoms with Crippen molar-refractivity contribution in [3.05, 3.63) is 54.1 Å². The molecule has 1 atom stereocenters. The maximum atomic E-state index is 13.1. The van der Waals surface area contributed by atoms with Crippen LogP contribution in [0.2, 0.25) is 0 Å². The maximum absolute atomic E-state index is 13.1. The number of hydrogen-bond donors (Lipinski definition) is 0. The van der Waals surface area contributed by atoms with Gasteiger partial charge in [-0.1, -0.05) is 18.2 Å². The number of benzene rings is 2. The molecule has 0 aliphatic carbocycles. The number of amides is 1. The molecule has 2 fully saturated rings. The van der Waals surface area contributed by atoms with Gasteiger partial charge in [-0.15, -0.1) is 0 Å². The average molecular weight is 401 g/mol. The lowest BCUT2D eigenvalue weighted by molar-refractivity contribution is -0.117. The zero-order chi connectivity index (χ0) is 19.7. The number of ether oxygens (including phenoxy) is 1. The smallest absolute Gasteiger partial charge is 0.243 e. The van der Waals surface area contributed by atoms with E-state index in [1.54, 1.807) is 40.6 Å². The summed E-state index contributed by atoms with van der Waals surface area (Å²) in [7, 11) is -1.93. The molecule has 0 bridgehead atoms. The summed E-state index contributed by atoms with van der Waals surface area (Å²) in [6, 6.07) is 14.4. The van der Waals surface area contributed by atoms with Gasteiger partial charge < -0.3 is 9.64 Å². The van der Waals surface area contributed by atoms with Crippen LogP contribution in [0.4, 0.5) is 5.69 Å². The quantitative estimate of drug-likeness (QED) is 0.774. The fourth-order valence-electron chi connectivity index (χ4n) is 4.07. The van der Waals surface area contributed by atoms with Crippen molar-refractivity contribution in [3.8, 4) is 5.75 Å². The summed E-state index contributed by atoms with van der Waals surface area (Å²) in [5, 5.41) is 0. The van der Waals surface area contributed by atoms with Gasteiger partial charge in [-0.2, -0.15) is 4.31 Å². The van der Waals surface area contributed by atoms with Gasteiger partial charge in [0.25, 0.3) is 0 Å². The molecular formula is C21H24N2O4S. The monoisotopic (exact) mass is 400 g/mol. The van der Waals surface area contributed by atoms with Gasteiger partial charge in [0, 0.05) is 37.7 Å². The fourth-order valence-corrected chi connectivity index (χ4v) is 5.57. The summed E-state index contributed by atoms with van der Waals surface area (Å²) in [4.78, 5) is 13.9. The Kier molecular flexibility index (Phi) is 5.12. The molecule has 0 spiro atoms. The Morgan fingerprint density at radius 3 is 2.46 bits per heavy atom. The minimum Gasteiger partial charge on any atom is -0.496 e. The van der Waals surface area contributed by atoms with Crippen molar-refractivity contribution in [2.45, 2.75) is 30.1 Å². The summed E-state index contributed by atoms with van der Waals surface area (Å²) in [6.07, 6.45) is 2.16. The van der Waals surface area contributed by atoms with E-state index in [1.807, 2.05) is 24.3 Å². The van der Waals surface area contributed by atoms with Crippen molar-refractivity contribution in [3.63, 3.8) is 0 Å². The molecule has 4 rings (SSSR count). The van der Waals surface area contributed by atoms with Crippen molar-refractivity contribution in [2.75, 3.05) is 31.6 Å². The van der Waals surface area contributed by atoms with Crippen LogP contribution in [0.15, 0.2) is 53.4 Å². The molecular weight excluding hydrogens is 376 g/mol. The SMILES string of the molecule is COc1ccccc1C1CCN(S(=O)(=O)c2ccc(N3CCCC3=O)cc2)C1. The number of anilines is 1. The lowest BCUT2D eigenvalue weighted by atomic mass is 9.97. The van der Waals surface area contributed by atoms with Crippen LogP contribution in [0.5, 0.6) is 5.75 Å². The molecule has 7 heteroatoms. The third-order valence-electron chi connectivity index (χ3n) is 5.59. The molecule has 0 radical (unpaired) electrons. The van der Waals surface area contributed by atoms with Crippen LogP contribution in [0.3, 0.4) is 0 Å². The third-order valence-corrected chi connectivity index (χ3v) is 7.47. The first-order chi connectivity index (χ1) is 13.5. The predicted octanol–water partition coefficient (Wildman–Crippen LogP) is 3.00. The van der Waals surface area contributed by atoms with Crippen LogP contribution in [-0.2, 0) is 14.8 Å². The zero-order valence-corrected chi connectivity index (χ0v) is 16.7. The highest BCUT2D eigenvalue weighted by molar-refractivity contribution is 7.89. The summed E-state index contributed by atoms with van der Waals surface area (Å²) in [5.74, 6) is 1.01.